The number of hydrogen-bond acceptors (Lipinski definition) is 5. The van der Waals surface area contributed by atoms with Crippen LogP contribution in [0.15, 0.2) is 60.8 Å². The number of carbonyl (C=O) groups excluding carboxylic acids is 1. The Morgan fingerprint density at radius 3 is 2.73 bits per heavy atom. The van der Waals surface area contributed by atoms with Crippen LogP contribution in [0.3, 0.4) is 0 Å². The van der Waals surface area contributed by atoms with E-state index in [0.717, 1.165) is 22.6 Å². The molecule has 30 heavy (non-hydrogen) atoms. The topological polar surface area (TPSA) is 78.3 Å². The largest absolute Gasteiger partial charge is 0.497 e. The van der Waals surface area contributed by atoms with Crippen molar-refractivity contribution in [3.63, 3.8) is 0 Å². The van der Waals surface area contributed by atoms with Crippen molar-refractivity contribution in [2.75, 3.05) is 13.7 Å². The normalized spacial score (nSPS) is 20.0. The number of fused-ring (bicyclic) bond motifs is 1. The quantitative estimate of drug-likeness (QED) is 0.721. The minimum absolute atomic E-state index is 0.0202. The van der Waals surface area contributed by atoms with E-state index in [1.54, 1.807) is 13.3 Å². The zero-order valence-electron chi connectivity index (χ0n) is 17.0. The number of rotatable bonds is 4. The Bertz CT molecular complexity index is 956. The average Bonchev–Trinajstić information content (AvgIpc) is 3.23. The van der Waals surface area contributed by atoms with E-state index in [9.17, 15) is 4.79 Å². The maximum atomic E-state index is 13.3. The molecule has 4 rings (SSSR count). The van der Waals surface area contributed by atoms with Gasteiger partial charge in [0.25, 0.3) is 0 Å². The van der Waals surface area contributed by atoms with Crippen molar-refractivity contribution in [1.29, 1.82) is 0 Å². The third-order valence-corrected chi connectivity index (χ3v) is 5.45. The summed E-state index contributed by atoms with van der Waals surface area (Å²) in [6, 6.07) is 17.6. The fraction of sp³-hybridized carbons (Fsp3) is 0.348. The summed E-state index contributed by atoms with van der Waals surface area (Å²) in [6.45, 7) is 1.41. The molecule has 0 radical (unpaired) electrons. The molecule has 0 spiro atoms. The Labute approximate surface area is 176 Å². The third-order valence-electron chi connectivity index (χ3n) is 5.45. The molecule has 0 aliphatic carbocycles. The second-order valence-electron chi connectivity index (χ2n) is 7.47. The first-order valence-electron chi connectivity index (χ1n) is 10.2. The van der Waals surface area contributed by atoms with E-state index in [0.29, 0.717) is 32.6 Å². The van der Waals surface area contributed by atoms with Crippen LogP contribution in [0.1, 0.15) is 29.3 Å². The van der Waals surface area contributed by atoms with Crippen molar-refractivity contribution in [2.45, 2.75) is 32.0 Å². The van der Waals surface area contributed by atoms with E-state index < -0.39 is 0 Å². The first kappa shape index (κ1) is 20.1. The molecule has 1 aromatic heterocycles. The minimum Gasteiger partial charge on any atom is -0.497 e. The molecular weight excluding hydrogens is 380 g/mol. The van der Waals surface area contributed by atoms with E-state index in [1.165, 1.54) is 0 Å². The van der Waals surface area contributed by atoms with Crippen molar-refractivity contribution >= 4 is 5.91 Å². The summed E-state index contributed by atoms with van der Waals surface area (Å²) < 4.78 is 13.0. The first-order chi connectivity index (χ1) is 14.7. The Kier molecular flexibility index (Phi) is 6.39. The smallest absolute Gasteiger partial charge is 0.224 e. The van der Waals surface area contributed by atoms with Gasteiger partial charge in [0.2, 0.25) is 5.91 Å². The van der Waals surface area contributed by atoms with Gasteiger partial charge in [-0.05, 0) is 36.1 Å². The molecule has 0 saturated heterocycles. The predicted molar refractivity (Wildman–Crippen MR) is 112 cm³/mol. The highest BCUT2D eigenvalue weighted by molar-refractivity contribution is 5.79. The summed E-state index contributed by atoms with van der Waals surface area (Å²) in [4.78, 5) is 13.3. The van der Waals surface area contributed by atoms with Crippen molar-refractivity contribution in [3.05, 3.63) is 77.6 Å². The summed E-state index contributed by atoms with van der Waals surface area (Å²) in [7, 11) is 1.65. The molecule has 2 heterocycles. The molecule has 7 nitrogen and oxygen atoms in total. The van der Waals surface area contributed by atoms with Crippen molar-refractivity contribution < 1.29 is 14.3 Å². The summed E-state index contributed by atoms with van der Waals surface area (Å²) in [5, 5.41) is 11.4. The summed E-state index contributed by atoms with van der Waals surface area (Å²) >= 11 is 0. The Balaban J connectivity index is 1.58. The number of methoxy groups -OCH3 is 1. The molecule has 0 saturated carbocycles. The second kappa shape index (κ2) is 9.54. The maximum Gasteiger partial charge on any atom is 0.224 e. The van der Waals surface area contributed by atoms with Crippen LogP contribution in [0.25, 0.3) is 0 Å². The predicted octanol–water partition coefficient (Wildman–Crippen LogP) is 2.92. The van der Waals surface area contributed by atoms with Crippen LogP contribution >= 0.6 is 0 Å². The van der Waals surface area contributed by atoms with Gasteiger partial charge in [0, 0.05) is 12.5 Å². The number of amides is 1. The Morgan fingerprint density at radius 2 is 1.97 bits per heavy atom. The van der Waals surface area contributed by atoms with Gasteiger partial charge in [-0.15, -0.1) is 5.10 Å². The van der Waals surface area contributed by atoms with Gasteiger partial charge < -0.3 is 14.8 Å². The number of hydrogen-bond donors (Lipinski definition) is 1. The zero-order valence-corrected chi connectivity index (χ0v) is 17.0. The fourth-order valence-electron chi connectivity index (χ4n) is 3.71. The molecule has 3 aromatic rings. The second-order valence-corrected chi connectivity index (χ2v) is 7.47. The van der Waals surface area contributed by atoms with Crippen LogP contribution in [-0.4, -0.2) is 34.6 Å². The lowest BCUT2D eigenvalue weighted by atomic mass is 9.94. The van der Waals surface area contributed by atoms with Crippen LogP contribution in [0.2, 0.25) is 0 Å². The number of ether oxygens (including phenoxy) is 2. The van der Waals surface area contributed by atoms with Gasteiger partial charge in [-0.2, -0.15) is 0 Å². The van der Waals surface area contributed by atoms with E-state index in [1.807, 2.05) is 59.3 Å². The molecule has 1 N–H and O–H groups in total. The number of nitrogens with zero attached hydrogens (tertiary/aromatic N) is 3. The standard InChI is InChI=1S/C23H26N4O3/c1-29-21-9-7-17(8-10-21)13-19-11-12-27-20(14-24-26-27)15-30-16-22(25-23(19)28)18-5-3-2-4-6-18/h2-10,14,19,22H,11-13,15-16H2,1H3,(H,25,28)/t19-,22-/m1/s1. The number of benzene rings is 2. The van der Waals surface area contributed by atoms with Crippen molar-refractivity contribution in [1.82, 2.24) is 20.3 Å². The van der Waals surface area contributed by atoms with Crippen molar-refractivity contribution in [2.24, 2.45) is 5.92 Å². The molecule has 1 aliphatic rings. The van der Waals surface area contributed by atoms with Gasteiger partial charge in [-0.3, -0.25) is 4.79 Å². The SMILES string of the molecule is COc1ccc(C[C@H]2CCn3nncc3COC[C@H](c3ccccc3)NC2=O)cc1. The highest BCUT2D eigenvalue weighted by Crippen LogP contribution is 2.21. The molecule has 7 heteroatoms. The van der Waals surface area contributed by atoms with Gasteiger partial charge in [0.1, 0.15) is 5.75 Å². The maximum absolute atomic E-state index is 13.3. The van der Waals surface area contributed by atoms with Crippen LogP contribution in [0.4, 0.5) is 0 Å². The van der Waals surface area contributed by atoms with E-state index in [-0.39, 0.29) is 17.9 Å². The first-order valence-corrected chi connectivity index (χ1v) is 10.2. The van der Waals surface area contributed by atoms with Gasteiger partial charge >= 0.3 is 0 Å². The fourth-order valence-corrected chi connectivity index (χ4v) is 3.71. The van der Waals surface area contributed by atoms with E-state index >= 15 is 0 Å². The number of aromatic nitrogens is 3. The van der Waals surface area contributed by atoms with Crippen molar-refractivity contribution in [3.8, 4) is 5.75 Å². The molecule has 0 unspecified atom stereocenters. The highest BCUT2D eigenvalue weighted by Gasteiger charge is 2.24. The lowest BCUT2D eigenvalue weighted by Gasteiger charge is -2.23. The molecule has 2 aromatic carbocycles. The van der Waals surface area contributed by atoms with Gasteiger partial charge in [0.05, 0.1) is 38.3 Å². The van der Waals surface area contributed by atoms with Gasteiger partial charge in [0.15, 0.2) is 0 Å². The number of aryl methyl sites for hydroxylation is 1. The summed E-state index contributed by atoms with van der Waals surface area (Å²) in [5.41, 5.74) is 3.04. The molecule has 156 valence electrons. The van der Waals surface area contributed by atoms with Crippen LogP contribution in [-0.2, 0) is 29.1 Å². The third kappa shape index (κ3) is 4.86. The minimum atomic E-state index is -0.209. The van der Waals surface area contributed by atoms with Crippen LogP contribution in [0.5, 0.6) is 5.75 Å². The Hall–Kier alpha value is -3.19. The number of carbonyl (C=O) groups is 1. The lowest BCUT2D eigenvalue weighted by molar-refractivity contribution is -0.126. The van der Waals surface area contributed by atoms with E-state index in [2.05, 4.69) is 15.6 Å². The van der Waals surface area contributed by atoms with Gasteiger partial charge in [-0.25, -0.2) is 4.68 Å². The molecular formula is C23H26N4O3. The van der Waals surface area contributed by atoms with E-state index in [4.69, 9.17) is 9.47 Å². The average molecular weight is 406 g/mol. The molecule has 1 amide bonds. The summed E-state index contributed by atoms with van der Waals surface area (Å²) in [5.74, 6) is 0.630. The number of nitrogens with one attached hydrogen (secondary N) is 1. The Morgan fingerprint density at radius 1 is 1.17 bits per heavy atom. The van der Waals surface area contributed by atoms with Crippen LogP contribution < -0.4 is 10.1 Å². The highest BCUT2D eigenvalue weighted by atomic mass is 16.5. The summed E-state index contributed by atoms with van der Waals surface area (Å²) in [6.07, 6.45) is 3.03. The van der Waals surface area contributed by atoms with Crippen LogP contribution in [0, 0.1) is 5.92 Å². The molecule has 0 fully saturated rings. The molecule has 2 atom stereocenters. The molecule has 0 bridgehead atoms. The van der Waals surface area contributed by atoms with Gasteiger partial charge in [-0.1, -0.05) is 47.7 Å². The zero-order chi connectivity index (χ0) is 20.8. The lowest BCUT2D eigenvalue weighted by Crippen LogP contribution is -2.37. The molecule has 1 aliphatic heterocycles. The monoisotopic (exact) mass is 406 g/mol.